The van der Waals surface area contributed by atoms with E-state index in [1.54, 1.807) is 0 Å². The normalized spacial score (nSPS) is 9.18. The lowest BCUT2D eigenvalue weighted by Gasteiger charge is -1.98. The van der Waals surface area contributed by atoms with Crippen molar-refractivity contribution in [2.24, 2.45) is 0 Å². The molecular formula is C7H6FNO2. The van der Waals surface area contributed by atoms with Crippen LogP contribution in [0.3, 0.4) is 0 Å². The SMILES string of the molecule is O=C(O)Nc1cccc(F)c1. The maximum absolute atomic E-state index is 12.4. The van der Waals surface area contributed by atoms with Crippen LogP contribution in [0.4, 0.5) is 14.9 Å². The molecule has 0 radical (unpaired) electrons. The Morgan fingerprint density at radius 2 is 2.27 bits per heavy atom. The topological polar surface area (TPSA) is 49.3 Å². The molecule has 58 valence electrons. The molecule has 1 amide bonds. The van der Waals surface area contributed by atoms with Crippen LogP contribution in [-0.2, 0) is 0 Å². The Kier molecular flexibility index (Phi) is 2.06. The number of carbonyl (C=O) groups is 1. The van der Waals surface area contributed by atoms with Gasteiger partial charge in [0.1, 0.15) is 5.82 Å². The quantitative estimate of drug-likeness (QED) is 0.650. The zero-order valence-corrected chi connectivity index (χ0v) is 5.54. The highest BCUT2D eigenvalue weighted by molar-refractivity contribution is 5.82. The number of amides is 1. The Hall–Kier alpha value is -1.58. The van der Waals surface area contributed by atoms with Crippen molar-refractivity contribution in [1.29, 1.82) is 0 Å². The smallest absolute Gasteiger partial charge is 0.409 e. The first-order valence-electron chi connectivity index (χ1n) is 2.94. The second-order valence-corrected chi connectivity index (χ2v) is 1.94. The van der Waals surface area contributed by atoms with Gasteiger partial charge in [0.2, 0.25) is 0 Å². The van der Waals surface area contributed by atoms with Crippen LogP contribution >= 0.6 is 0 Å². The zero-order valence-electron chi connectivity index (χ0n) is 5.54. The average molecular weight is 155 g/mol. The van der Waals surface area contributed by atoms with E-state index in [2.05, 4.69) is 0 Å². The van der Waals surface area contributed by atoms with Crippen LogP contribution in [0.25, 0.3) is 0 Å². The number of hydrogen-bond acceptors (Lipinski definition) is 1. The third-order valence-electron chi connectivity index (χ3n) is 1.08. The van der Waals surface area contributed by atoms with Crippen molar-refractivity contribution in [3.8, 4) is 0 Å². The van der Waals surface area contributed by atoms with Crippen LogP contribution in [0.1, 0.15) is 0 Å². The minimum Gasteiger partial charge on any atom is -0.465 e. The molecular weight excluding hydrogens is 149 g/mol. The maximum Gasteiger partial charge on any atom is 0.409 e. The molecule has 4 heteroatoms. The summed E-state index contributed by atoms with van der Waals surface area (Å²) in [5.74, 6) is -0.462. The Labute approximate surface area is 62.5 Å². The average Bonchev–Trinajstić information content (AvgIpc) is 1.85. The largest absolute Gasteiger partial charge is 0.465 e. The van der Waals surface area contributed by atoms with Crippen molar-refractivity contribution < 1.29 is 14.3 Å². The summed E-state index contributed by atoms with van der Waals surface area (Å²) in [7, 11) is 0. The van der Waals surface area contributed by atoms with Crippen molar-refractivity contribution in [2.45, 2.75) is 0 Å². The molecule has 0 heterocycles. The summed E-state index contributed by atoms with van der Waals surface area (Å²) in [4.78, 5) is 10.0. The molecule has 1 aromatic rings. The zero-order chi connectivity index (χ0) is 8.27. The van der Waals surface area contributed by atoms with Crippen LogP contribution in [0.5, 0.6) is 0 Å². The van der Waals surface area contributed by atoms with Gasteiger partial charge in [0.15, 0.2) is 0 Å². The molecule has 0 aromatic heterocycles. The second-order valence-electron chi connectivity index (χ2n) is 1.94. The van der Waals surface area contributed by atoms with E-state index in [-0.39, 0.29) is 5.69 Å². The fraction of sp³-hybridized carbons (Fsp3) is 0. The number of nitrogens with one attached hydrogen (secondary N) is 1. The van der Waals surface area contributed by atoms with Gasteiger partial charge in [0.25, 0.3) is 0 Å². The van der Waals surface area contributed by atoms with Gasteiger partial charge in [-0.15, -0.1) is 0 Å². The first-order valence-corrected chi connectivity index (χ1v) is 2.94. The number of rotatable bonds is 1. The van der Waals surface area contributed by atoms with E-state index in [9.17, 15) is 9.18 Å². The third kappa shape index (κ3) is 2.25. The minimum atomic E-state index is -1.20. The predicted molar refractivity (Wildman–Crippen MR) is 38.0 cm³/mol. The number of benzene rings is 1. The van der Waals surface area contributed by atoms with Crippen LogP contribution in [-0.4, -0.2) is 11.2 Å². The van der Waals surface area contributed by atoms with Crippen molar-refractivity contribution in [1.82, 2.24) is 0 Å². The molecule has 2 N–H and O–H groups in total. The monoisotopic (exact) mass is 155 g/mol. The van der Waals surface area contributed by atoms with Gasteiger partial charge >= 0.3 is 6.09 Å². The number of halogens is 1. The Morgan fingerprint density at radius 3 is 2.82 bits per heavy atom. The van der Waals surface area contributed by atoms with Gasteiger partial charge in [0.05, 0.1) is 0 Å². The molecule has 11 heavy (non-hydrogen) atoms. The van der Waals surface area contributed by atoms with Crippen molar-refractivity contribution >= 4 is 11.8 Å². The van der Waals surface area contributed by atoms with Crippen molar-refractivity contribution in [2.75, 3.05) is 5.32 Å². The highest BCUT2D eigenvalue weighted by Crippen LogP contribution is 2.08. The van der Waals surface area contributed by atoms with E-state index in [0.717, 1.165) is 6.07 Å². The molecule has 0 saturated heterocycles. The van der Waals surface area contributed by atoms with Crippen molar-refractivity contribution in [3.05, 3.63) is 30.1 Å². The molecule has 1 aromatic carbocycles. The Morgan fingerprint density at radius 1 is 1.55 bits per heavy atom. The van der Waals surface area contributed by atoms with Gasteiger partial charge in [-0.3, -0.25) is 5.32 Å². The molecule has 0 saturated carbocycles. The van der Waals surface area contributed by atoms with E-state index in [1.807, 2.05) is 5.32 Å². The van der Waals surface area contributed by atoms with Gasteiger partial charge in [-0.1, -0.05) is 6.07 Å². The standard InChI is InChI=1S/C7H6FNO2/c8-5-2-1-3-6(4-5)9-7(10)11/h1-4,9H,(H,10,11). The van der Waals surface area contributed by atoms with Gasteiger partial charge < -0.3 is 5.11 Å². The summed E-state index contributed by atoms with van der Waals surface area (Å²) >= 11 is 0. The number of anilines is 1. The molecule has 0 unspecified atom stereocenters. The lowest BCUT2D eigenvalue weighted by Crippen LogP contribution is -2.06. The molecule has 0 spiro atoms. The molecule has 0 aliphatic rings. The Balaban J connectivity index is 2.79. The van der Waals surface area contributed by atoms with E-state index in [0.29, 0.717) is 0 Å². The summed E-state index contributed by atoms with van der Waals surface area (Å²) < 4.78 is 12.4. The van der Waals surface area contributed by atoms with Gasteiger partial charge in [-0.25, -0.2) is 9.18 Å². The fourth-order valence-electron chi connectivity index (χ4n) is 0.690. The third-order valence-corrected chi connectivity index (χ3v) is 1.08. The molecule has 0 aliphatic carbocycles. The first-order chi connectivity index (χ1) is 5.18. The van der Waals surface area contributed by atoms with Crippen LogP contribution in [0, 0.1) is 5.82 Å². The summed E-state index contributed by atoms with van der Waals surface area (Å²) in [6.07, 6.45) is -1.20. The van der Waals surface area contributed by atoms with E-state index < -0.39 is 11.9 Å². The predicted octanol–water partition coefficient (Wildman–Crippen LogP) is 1.92. The first kappa shape index (κ1) is 7.53. The van der Waals surface area contributed by atoms with Gasteiger partial charge in [0, 0.05) is 5.69 Å². The molecule has 0 atom stereocenters. The molecule has 1 rings (SSSR count). The lowest BCUT2D eigenvalue weighted by molar-refractivity contribution is 0.210. The molecule has 0 aliphatic heterocycles. The molecule has 3 nitrogen and oxygen atoms in total. The van der Waals surface area contributed by atoms with E-state index >= 15 is 0 Å². The van der Waals surface area contributed by atoms with E-state index in [1.165, 1.54) is 18.2 Å². The van der Waals surface area contributed by atoms with Gasteiger partial charge in [-0.05, 0) is 18.2 Å². The molecule has 0 bridgehead atoms. The number of carboxylic acid groups (broad SMARTS) is 1. The van der Waals surface area contributed by atoms with Crippen molar-refractivity contribution in [3.63, 3.8) is 0 Å². The lowest BCUT2D eigenvalue weighted by atomic mass is 10.3. The van der Waals surface area contributed by atoms with Crippen LogP contribution in [0.15, 0.2) is 24.3 Å². The van der Waals surface area contributed by atoms with Gasteiger partial charge in [-0.2, -0.15) is 0 Å². The van der Waals surface area contributed by atoms with E-state index in [4.69, 9.17) is 5.11 Å². The highest BCUT2D eigenvalue weighted by Gasteiger charge is 1.97. The fourth-order valence-corrected chi connectivity index (χ4v) is 0.690. The number of hydrogen-bond donors (Lipinski definition) is 2. The summed E-state index contributed by atoms with van der Waals surface area (Å²) in [6, 6.07) is 5.25. The summed E-state index contributed by atoms with van der Waals surface area (Å²) in [5, 5.41) is 10.2. The van der Waals surface area contributed by atoms with Crippen LogP contribution in [0.2, 0.25) is 0 Å². The summed E-state index contributed by atoms with van der Waals surface area (Å²) in [6.45, 7) is 0. The minimum absolute atomic E-state index is 0.234. The maximum atomic E-state index is 12.4. The summed E-state index contributed by atoms with van der Waals surface area (Å²) in [5.41, 5.74) is 0.234. The Bertz CT molecular complexity index is 275. The van der Waals surface area contributed by atoms with Crippen LogP contribution < -0.4 is 5.32 Å². The molecule has 0 fully saturated rings. The highest BCUT2D eigenvalue weighted by atomic mass is 19.1. The second kappa shape index (κ2) is 3.01.